The highest BCUT2D eigenvalue weighted by Crippen LogP contribution is 2.35. The number of guanidine groups is 1. The van der Waals surface area contributed by atoms with Crippen molar-refractivity contribution in [2.24, 2.45) is 4.99 Å². The Morgan fingerprint density at radius 1 is 1.10 bits per heavy atom. The molecule has 5 heteroatoms. The predicted molar refractivity (Wildman–Crippen MR) is 119 cm³/mol. The Kier molecular flexibility index (Phi) is 7.53. The van der Waals surface area contributed by atoms with Crippen molar-refractivity contribution in [1.29, 1.82) is 0 Å². The van der Waals surface area contributed by atoms with Crippen LogP contribution in [0, 0.1) is 0 Å². The molecule has 1 fully saturated rings. The molecule has 156 valence electrons. The molecule has 29 heavy (non-hydrogen) atoms. The van der Waals surface area contributed by atoms with Crippen LogP contribution >= 0.6 is 0 Å². The van der Waals surface area contributed by atoms with E-state index in [0.29, 0.717) is 6.61 Å². The van der Waals surface area contributed by atoms with E-state index in [1.165, 1.54) is 11.1 Å². The fraction of sp³-hybridized carbons (Fsp3) is 0.458. The molecule has 2 aromatic carbocycles. The van der Waals surface area contributed by atoms with Crippen LogP contribution in [-0.4, -0.2) is 51.3 Å². The molecular formula is C24H33N3O2. The first-order valence-corrected chi connectivity index (χ1v) is 10.4. The molecule has 0 amide bonds. The maximum atomic E-state index is 5.68. The number of ether oxygens (including phenoxy) is 2. The van der Waals surface area contributed by atoms with Gasteiger partial charge in [0.15, 0.2) is 5.96 Å². The highest BCUT2D eigenvalue weighted by molar-refractivity contribution is 5.79. The molecule has 1 aliphatic heterocycles. The minimum Gasteiger partial charge on any atom is -0.494 e. The van der Waals surface area contributed by atoms with Crippen LogP contribution in [-0.2, 0) is 16.7 Å². The van der Waals surface area contributed by atoms with Crippen LogP contribution in [0.15, 0.2) is 59.6 Å². The first-order chi connectivity index (χ1) is 14.2. The maximum absolute atomic E-state index is 5.68. The minimum absolute atomic E-state index is 0.0342. The second-order valence-corrected chi connectivity index (χ2v) is 7.59. The Morgan fingerprint density at radius 3 is 2.41 bits per heavy atom. The van der Waals surface area contributed by atoms with Gasteiger partial charge < -0.3 is 19.7 Å². The smallest absolute Gasteiger partial charge is 0.193 e. The molecule has 3 rings (SSSR count). The van der Waals surface area contributed by atoms with Gasteiger partial charge in [0.1, 0.15) is 5.75 Å². The molecule has 5 nitrogen and oxygen atoms in total. The molecule has 0 aromatic heterocycles. The van der Waals surface area contributed by atoms with Gasteiger partial charge in [0.2, 0.25) is 0 Å². The molecule has 1 aliphatic rings. The Balaban J connectivity index is 1.70. The van der Waals surface area contributed by atoms with Gasteiger partial charge >= 0.3 is 0 Å². The van der Waals surface area contributed by atoms with Gasteiger partial charge in [-0.25, -0.2) is 0 Å². The Hall–Kier alpha value is -2.53. The topological polar surface area (TPSA) is 46.1 Å². The van der Waals surface area contributed by atoms with E-state index in [-0.39, 0.29) is 5.41 Å². The van der Waals surface area contributed by atoms with Crippen molar-refractivity contribution in [3.8, 4) is 5.75 Å². The van der Waals surface area contributed by atoms with Gasteiger partial charge in [0, 0.05) is 45.8 Å². The van der Waals surface area contributed by atoms with E-state index in [9.17, 15) is 0 Å². The first kappa shape index (κ1) is 21.2. The van der Waals surface area contributed by atoms with Crippen LogP contribution in [0.1, 0.15) is 30.9 Å². The Morgan fingerprint density at radius 2 is 1.79 bits per heavy atom. The summed E-state index contributed by atoms with van der Waals surface area (Å²) in [5.41, 5.74) is 2.63. The second kappa shape index (κ2) is 10.3. The molecule has 1 saturated heterocycles. The van der Waals surface area contributed by atoms with E-state index in [1.54, 1.807) is 0 Å². The van der Waals surface area contributed by atoms with Gasteiger partial charge in [-0.05, 0) is 43.0 Å². The summed E-state index contributed by atoms with van der Waals surface area (Å²) < 4.78 is 11.3. The van der Waals surface area contributed by atoms with E-state index in [0.717, 1.165) is 50.9 Å². The van der Waals surface area contributed by atoms with E-state index in [1.807, 2.05) is 20.0 Å². The summed E-state index contributed by atoms with van der Waals surface area (Å²) in [6.45, 7) is 5.91. The van der Waals surface area contributed by atoms with Gasteiger partial charge in [0.05, 0.1) is 6.61 Å². The van der Waals surface area contributed by atoms with Crippen LogP contribution in [0.3, 0.4) is 0 Å². The summed E-state index contributed by atoms with van der Waals surface area (Å²) in [5.74, 6) is 1.83. The molecule has 0 atom stereocenters. The van der Waals surface area contributed by atoms with Crippen LogP contribution in [0.25, 0.3) is 0 Å². The summed E-state index contributed by atoms with van der Waals surface area (Å²) >= 11 is 0. The summed E-state index contributed by atoms with van der Waals surface area (Å²) in [6, 6.07) is 19.0. The fourth-order valence-electron chi connectivity index (χ4n) is 3.97. The zero-order chi connectivity index (χ0) is 20.5. The standard InChI is InChI=1S/C24H33N3O2/c1-4-29-22-12-10-21(11-13-22)24(14-16-28-17-15-24)19-26-23(25-2)27(3)18-20-8-6-5-7-9-20/h5-13H,4,14-19H2,1-3H3,(H,25,26). The predicted octanol–water partition coefficient (Wildman–Crippen LogP) is 3.84. The minimum atomic E-state index is 0.0342. The third-order valence-electron chi connectivity index (χ3n) is 5.65. The first-order valence-electron chi connectivity index (χ1n) is 10.4. The van der Waals surface area contributed by atoms with Crippen LogP contribution < -0.4 is 10.1 Å². The summed E-state index contributed by atoms with van der Waals surface area (Å²) in [5, 5.41) is 3.63. The van der Waals surface area contributed by atoms with Crippen molar-refractivity contribution in [2.45, 2.75) is 31.7 Å². The lowest BCUT2D eigenvalue weighted by molar-refractivity contribution is 0.0512. The Bertz CT molecular complexity index is 768. The molecule has 0 radical (unpaired) electrons. The summed E-state index contributed by atoms with van der Waals surface area (Å²) in [7, 11) is 3.92. The molecule has 1 heterocycles. The van der Waals surface area contributed by atoms with Crippen molar-refractivity contribution in [1.82, 2.24) is 10.2 Å². The van der Waals surface area contributed by atoms with Gasteiger partial charge in [0.25, 0.3) is 0 Å². The number of benzene rings is 2. The third kappa shape index (κ3) is 5.51. The average Bonchev–Trinajstić information content (AvgIpc) is 2.76. The van der Waals surface area contributed by atoms with Crippen molar-refractivity contribution in [3.63, 3.8) is 0 Å². The lowest BCUT2D eigenvalue weighted by Gasteiger charge is -2.39. The van der Waals surface area contributed by atoms with Crippen LogP contribution in [0.5, 0.6) is 5.75 Å². The molecule has 0 unspecified atom stereocenters. The number of rotatable bonds is 7. The normalized spacial score (nSPS) is 16.3. The second-order valence-electron chi connectivity index (χ2n) is 7.59. The molecule has 0 saturated carbocycles. The molecule has 1 N–H and O–H groups in total. The van der Waals surface area contributed by atoms with Crippen molar-refractivity contribution < 1.29 is 9.47 Å². The van der Waals surface area contributed by atoms with Crippen LogP contribution in [0.4, 0.5) is 0 Å². The van der Waals surface area contributed by atoms with Gasteiger partial charge in [-0.15, -0.1) is 0 Å². The number of nitrogens with zero attached hydrogens (tertiary/aromatic N) is 2. The lowest BCUT2D eigenvalue weighted by atomic mass is 9.74. The molecule has 0 bridgehead atoms. The summed E-state index contributed by atoms with van der Waals surface area (Å²) in [6.07, 6.45) is 1.99. The third-order valence-corrected chi connectivity index (χ3v) is 5.65. The fourth-order valence-corrected chi connectivity index (χ4v) is 3.97. The number of nitrogens with one attached hydrogen (secondary N) is 1. The SMILES string of the molecule is CCOc1ccc(C2(CNC(=NC)N(C)Cc3ccccc3)CCOCC2)cc1. The van der Waals surface area contributed by atoms with Crippen molar-refractivity contribution >= 4 is 5.96 Å². The lowest BCUT2D eigenvalue weighted by Crippen LogP contribution is -2.48. The monoisotopic (exact) mass is 395 g/mol. The highest BCUT2D eigenvalue weighted by atomic mass is 16.5. The van der Waals surface area contributed by atoms with Gasteiger partial charge in [-0.1, -0.05) is 42.5 Å². The number of hydrogen-bond acceptors (Lipinski definition) is 3. The largest absolute Gasteiger partial charge is 0.494 e. The van der Waals surface area contributed by atoms with Crippen LogP contribution in [0.2, 0.25) is 0 Å². The molecule has 0 aliphatic carbocycles. The summed E-state index contributed by atoms with van der Waals surface area (Å²) in [4.78, 5) is 6.68. The molecule has 2 aromatic rings. The maximum Gasteiger partial charge on any atom is 0.193 e. The van der Waals surface area contributed by atoms with Gasteiger partial charge in [-0.3, -0.25) is 4.99 Å². The van der Waals surface area contributed by atoms with E-state index in [4.69, 9.17) is 9.47 Å². The average molecular weight is 396 g/mol. The molecule has 0 spiro atoms. The van der Waals surface area contributed by atoms with Crippen molar-refractivity contribution in [2.75, 3.05) is 40.5 Å². The van der Waals surface area contributed by atoms with E-state index in [2.05, 4.69) is 70.8 Å². The number of aliphatic imine (C=N–C) groups is 1. The Labute approximate surface area is 174 Å². The van der Waals surface area contributed by atoms with E-state index < -0.39 is 0 Å². The van der Waals surface area contributed by atoms with E-state index >= 15 is 0 Å². The van der Waals surface area contributed by atoms with Crippen molar-refractivity contribution in [3.05, 3.63) is 65.7 Å². The highest BCUT2D eigenvalue weighted by Gasteiger charge is 2.35. The zero-order valence-electron chi connectivity index (χ0n) is 17.9. The zero-order valence-corrected chi connectivity index (χ0v) is 17.9. The van der Waals surface area contributed by atoms with Gasteiger partial charge in [-0.2, -0.15) is 0 Å². The number of hydrogen-bond donors (Lipinski definition) is 1. The molecular weight excluding hydrogens is 362 g/mol. The quantitative estimate of drug-likeness (QED) is 0.572.